The lowest BCUT2D eigenvalue weighted by molar-refractivity contribution is -0.384. The summed E-state index contributed by atoms with van der Waals surface area (Å²) in [6.45, 7) is 4.92. The van der Waals surface area contributed by atoms with Crippen LogP contribution in [0.2, 0.25) is 0 Å². The van der Waals surface area contributed by atoms with Crippen molar-refractivity contribution in [3.05, 3.63) is 64.2 Å². The second-order valence-corrected chi connectivity index (χ2v) is 6.08. The molecule has 0 aliphatic heterocycles. The Morgan fingerprint density at radius 1 is 1.07 bits per heavy atom. The van der Waals surface area contributed by atoms with Crippen molar-refractivity contribution in [2.45, 2.75) is 26.5 Å². The van der Waals surface area contributed by atoms with Crippen LogP contribution < -0.4 is 20.7 Å². The van der Waals surface area contributed by atoms with E-state index in [1.54, 1.807) is 18.2 Å². The van der Waals surface area contributed by atoms with Gasteiger partial charge >= 0.3 is 6.03 Å². The van der Waals surface area contributed by atoms with Gasteiger partial charge in [0.15, 0.2) is 0 Å². The van der Waals surface area contributed by atoms with Gasteiger partial charge in [-0.05, 0) is 26.0 Å². The molecule has 144 valence electrons. The van der Waals surface area contributed by atoms with E-state index in [-0.39, 0.29) is 17.8 Å². The highest BCUT2D eigenvalue weighted by atomic mass is 16.6. The van der Waals surface area contributed by atoms with Crippen molar-refractivity contribution in [2.75, 3.05) is 18.4 Å². The fourth-order valence-corrected chi connectivity index (χ4v) is 2.41. The minimum absolute atomic E-state index is 0.00344. The van der Waals surface area contributed by atoms with Gasteiger partial charge < -0.3 is 20.7 Å². The number of hydrogen-bond acceptors (Lipinski definition) is 5. The Bertz CT molecular complexity index is 780. The summed E-state index contributed by atoms with van der Waals surface area (Å²) in [5, 5.41) is 19.4. The molecule has 2 rings (SSSR count). The van der Waals surface area contributed by atoms with Crippen LogP contribution in [0.3, 0.4) is 0 Å². The average molecular weight is 372 g/mol. The predicted molar refractivity (Wildman–Crippen MR) is 104 cm³/mol. The Labute approximate surface area is 158 Å². The first-order valence-electron chi connectivity index (χ1n) is 8.71. The number of rotatable bonds is 9. The number of amides is 2. The standard InChI is InChI=1S/C19H24N4O4/c1-14(2)27-18-10-6-3-7-15(18)13-22-19(24)21-12-11-20-16-8-4-5-9-17(16)23(25)26/h3-10,14,20H,11-13H2,1-2H3,(H2,21,22,24). The van der Waals surface area contributed by atoms with E-state index < -0.39 is 4.92 Å². The largest absolute Gasteiger partial charge is 0.491 e. The molecule has 3 N–H and O–H groups in total. The molecule has 0 aromatic heterocycles. The number of para-hydroxylation sites is 3. The molecule has 0 unspecified atom stereocenters. The molecule has 0 bridgehead atoms. The van der Waals surface area contributed by atoms with Crippen LogP contribution in [0.5, 0.6) is 5.75 Å². The molecule has 0 heterocycles. The smallest absolute Gasteiger partial charge is 0.315 e. The van der Waals surface area contributed by atoms with Crippen LogP contribution in [0.15, 0.2) is 48.5 Å². The molecule has 0 atom stereocenters. The molecule has 0 saturated carbocycles. The van der Waals surface area contributed by atoms with Gasteiger partial charge in [-0.2, -0.15) is 0 Å². The van der Waals surface area contributed by atoms with Gasteiger partial charge in [0, 0.05) is 31.3 Å². The molecule has 8 nitrogen and oxygen atoms in total. The number of nitrogens with one attached hydrogen (secondary N) is 3. The molecule has 0 aliphatic rings. The zero-order valence-corrected chi connectivity index (χ0v) is 15.4. The van der Waals surface area contributed by atoms with Crippen molar-refractivity contribution in [1.82, 2.24) is 10.6 Å². The number of nitro groups is 1. The lowest BCUT2D eigenvalue weighted by atomic mass is 10.2. The van der Waals surface area contributed by atoms with Crippen LogP contribution in [0.25, 0.3) is 0 Å². The zero-order chi connectivity index (χ0) is 19.6. The fraction of sp³-hybridized carbons (Fsp3) is 0.316. The fourth-order valence-electron chi connectivity index (χ4n) is 2.41. The highest BCUT2D eigenvalue weighted by Gasteiger charge is 2.11. The van der Waals surface area contributed by atoms with Gasteiger partial charge in [0.1, 0.15) is 11.4 Å². The van der Waals surface area contributed by atoms with E-state index in [9.17, 15) is 14.9 Å². The SMILES string of the molecule is CC(C)Oc1ccccc1CNC(=O)NCCNc1ccccc1[N+](=O)[O-]. The van der Waals surface area contributed by atoms with E-state index >= 15 is 0 Å². The third-order valence-corrected chi connectivity index (χ3v) is 3.60. The van der Waals surface area contributed by atoms with E-state index in [0.717, 1.165) is 11.3 Å². The molecule has 27 heavy (non-hydrogen) atoms. The Kier molecular flexibility index (Phi) is 7.42. The van der Waals surface area contributed by atoms with Crippen LogP contribution in [0.4, 0.5) is 16.2 Å². The van der Waals surface area contributed by atoms with E-state index in [0.29, 0.717) is 25.3 Å². The predicted octanol–water partition coefficient (Wildman–Crippen LogP) is 3.29. The number of urea groups is 1. The first-order chi connectivity index (χ1) is 13.0. The van der Waals surface area contributed by atoms with E-state index in [4.69, 9.17) is 4.74 Å². The zero-order valence-electron chi connectivity index (χ0n) is 15.4. The molecular weight excluding hydrogens is 348 g/mol. The van der Waals surface area contributed by atoms with Crippen LogP contribution in [-0.4, -0.2) is 30.1 Å². The highest BCUT2D eigenvalue weighted by molar-refractivity contribution is 5.74. The van der Waals surface area contributed by atoms with Crippen LogP contribution >= 0.6 is 0 Å². The molecule has 0 spiro atoms. The maximum absolute atomic E-state index is 11.9. The van der Waals surface area contributed by atoms with Crippen molar-refractivity contribution in [3.63, 3.8) is 0 Å². The number of nitrogens with zero attached hydrogens (tertiary/aromatic N) is 1. The second-order valence-electron chi connectivity index (χ2n) is 6.08. The molecule has 2 aromatic rings. The van der Waals surface area contributed by atoms with Gasteiger partial charge in [0.25, 0.3) is 5.69 Å². The lowest BCUT2D eigenvalue weighted by Crippen LogP contribution is -2.37. The number of benzene rings is 2. The Hall–Kier alpha value is -3.29. The average Bonchev–Trinajstić information content (AvgIpc) is 2.64. The number of nitro benzene ring substituents is 1. The molecule has 2 amide bonds. The summed E-state index contributed by atoms with van der Waals surface area (Å²) in [4.78, 5) is 22.4. The van der Waals surface area contributed by atoms with E-state index in [1.807, 2.05) is 38.1 Å². The van der Waals surface area contributed by atoms with E-state index in [2.05, 4.69) is 16.0 Å². The molecule has 8 heteroatoms. The van der Waals surface area contributed by atoms with Gasteiger partial charge in [0.2, 0.25) is 0 Å². The minimum atomic E-state index is -0.445. The minimum Gasteiger partial charge on any atom is -0.491 e. The third-order valence-electron chi connectivity index (χ3n) is 3.60. The van der Waals surface area contributed by atoms with Gasteiger partial charge in [-0.25, -0.2) is 4.79 Å². The highest BCUT2D eigenvalue weighted by Crippen LogP contribution is 2.22. The Morgan fingerprint density at radius 2 is 1.78 bits per heavy atom. The first-order valence-corrected chi connectivity index (χ1v) is 8.71. The molecule has 0 aliphatic carbocycles. The summed E-state index contributed by atoms with van der Waals surface area (Å²) in [7, 11) is 0. The van der Waals surface area contributed by atoms with Crippen LogP contribution in [-0.2, 0) is 6.54 Å². The quantitative estimate of drug-likeness (QED) is 0.356. The van der Waals surface area contributed by atoms with Crippen molar-refractivity contribution in [2.24, 2.45) is 0 Å². The normalized spacial score (nSPS) is 10.3. The topological polar surface area (TPSA) is 106 Å². The van der Waals surface area contributed by atoms with Crippen LogP contribution in [0, 0.1) is 10.1 Å². The summed E-state index contributed by atoms with van der Waals surface area (Å²) >= 11 is 0. The summed E-state index contributed by atoms with van der Waals surface area (Å²) in [6, 6.07) is 13.6. The maximum atomic E-state index is 11.9. The first kappa shape index (κ1) is 20.0. The molecule has 0 saturated heterocycles. The lowest BCUT2D eigenvalue weighted by Gasteiger charge is -2.15. The molecule has 2 aromatic carbocycles. The van der Waals surface area contributed by atoms with Gasteiger partial charge in [-0.1, -0.05) is 30.3 Å². The number of anilines is 1. The summed E-state index contributed by atoms with van der Waals surface area (Å²) in [5.74, 6) is 0.742. The molecule has 0 radical (unpaired) electrons. The number of hydrogen-bond donors (Lipinski definition) is 3. The van der Waals surface area contributed by atoms with Gasteiger partial charge in [-0.15, -0.1) is 0 Å². The maximum Gasteiger partial charge on any atom is 0.315 e. The van der Waals surface area contributed by atoms with Crippen LogP contribution in [0.1, 0.15) is 19.4 Å². The Balaban J connectivity index is 1.75. The van der Waals surface area contributed by atoms with Crippen molar-refractivity contribution < 1.29 is 14.5 Å². The third kappa shape index (κ3) is 6.50. The summed E-state index contributed by atoms with van der Waals surface area (Å²) in [6.07, 6.45) is 0.0492. The number of ether oxygens (including phenoxy) is 1. The van der Waals surface area contributed by atoms with Gasteiger partial charge in [0.05, 0.1) is 11.0 Å². The van der Waals surface area contributed by atoms with Crippen molar-refractivity contribution >= 4 is 17.4 Å². The Morgan fingerprint density at radius 3 is 2.52 bits per heavy atom. The van der Waals surface area contributed by atoms with Crippen molar-refractivity contribution in [1.29, 1.82) is 0 Å². The summed E-state index contributed by atoms with van der Waals surface area (Å²) in [5.41, 5.74) is 1.31. The summed E-state index contributed by atoms with van der Waals surface area (Å²) < 4.78 is 5.72. The van der Waals surface area contributed by atoms with Gasteiger partial charge in [-0.3, -0.25) is 10.1 Å². The monoisotopic (exact) mass is 372 g/mol. The molecular formula is C19H24N4O4. The van der Waals surface area contributed by atoms with E-state index in [1.165, 1.54) is 6.07 Å². The number of carbonyl (C=O) groups is 1. The molecule has 0 fully saturated rings. The second kappa shape index (κ2) is 10.0. The number of carbonyl (C=O) groups excluding carboxylic acids is 1. The van der Waals surface area contributed by atoms with Crippen molar-refractivity contribution in [3.8, 4) is 5.75 Å².